The lowest BCUT2D eigenvalue weighted by Gasteiger charge is -2.27. The fourth-order valence-corrected chi connectivity index (χ4v) is 3.57. The molecule has 1 N–H and O–H groups in total. The van der Waals surface area contributed by atoms with E-state index in [0.717, 1.165) is 11.0 Å². The predicted octanol–water partition coefficient (Wildman–Crippen LogP) is 2.39. The zero-order chi connectivity index (χ0) is 20.2. The van der Waals surface area contributed by atoms with Crippen LogP contribution < -0.4 is 5.32 Å². The van der Waals surface area contributed by atoms with Gasteiger partial charge in [0, 0.05) is 18.7 Å². The van der Waals surface area contributed by atoms with Gasteiger partial charge in [0.2, 0.25) is 5.91 Å². The maximum Gasteiger partial charge on any atom is 0.251 e. The van der Waals surface area contributed by atoms with Crippen LogP contribution in [0.3, 0.4) is 0 Å². The minimum Gasteiger partial charge on any atom is -0.378 e. The van der Waals surface area contributed by atoms with Gasteiger partial charge < -0.3 is 19.5 Å². The standard InChI is InChI=1S/C22H24N4O3/c1-16(23-22(28)17-7-3-2-4-8-17)21-24-18-9-5-6-10-19(18)26(21)15-20(27)25-11-13-29-14-12-25/h2-10,16H,11-15H2,1H3,(H,23,28). The fourth-order valence-electron chi connectivity index (χ4n) is 3.57. The third-order valence-electron chi connectivity index (χ3n) is 5.11. The molecule has 1 fully saturated rings. The van der Waals surface area contributed by atoms with Crippen LogP contribution in [-0.2, 0) is 16.1 Å². The Morgan fingerprint density at radius 2 is 1.76 bits per heavy atom. The predicted molar refractivity (Wildman–Crippen MR) is 109 cm³/mol. The average Bonchev–Trinajstić information content (AvgIpc) is 3.13. The van der Waals surface area contributed by atoms with Crippen LogP contribution in [0.5, 0.6) is 0 Å². The number of nitrogens with zero attached hydrogens (tertiary/aromatic N) is 3. The summed E-state index contributed by atoms with van der Waals surface area (Å²) in [6, 6.07) is 16.4. The average molecular weight is 392 g/mol. The number of para-hydroxylation sites is 2. The number of hydrogen-bond acceptors (Lipinski definition) is 4. The SMILES string of the molecule is CC(NC(=O)c1ccccc1)c1nc2ccccc2n1CC(=O)N1CCOCC1. The molecule has 1 unspecified atom stereocenters. The van der Waals surface area contributed by atoms with Gasteiger partial charge in [-0.25, -0.2) is 4.98 Å². The number of amides is 2. The summed E-state index contributed by atoms with van der Waals surface area (Å²) in [7, 11) is 0. The van der Waals surface area contributed by atoms with E-state index in [1.54, 1.807) is 12.1 Å². The molecule has 1 atom stereocenters. The molecule has 150 valence electrons. The van der Waals surface area contributed by atoms with E-state index < -0.39 is 0 Å². The number of hydrogen-bond donors (Lipinski definition) is 1. The minimum atomic E-state index is -0.354. The van der Waals surface area contributed by atoms with Crippen LogP contribution in [0.2, 0.25) is 0 Å². The lowest BCUT2D eigenvalue weighted by molar-refractivity contribution is -0.135. The van der Waals surface area contributed by atoms with Crippen molar-refractivity contribution in [2.24, 2.45) is 0 Å². The van der Waals surface area contributed by atoms with Crippen LogP contribution in [0.15, 0.2) is 54.6 Å². The topological polar surface area (TPSA) is 76.5 Å². The summed E-state index contributed by atoms with van der Waals surface area (Å²) < 4.78 is 7.25. The maximum atomic E-state index is 12.9. The van der Waals surface area contributed by atoms with Crippen LogP contribution in [0.4, 0.5) is 0 Å². The first kappa shape index (κ1) is 19.1. The molecule has 4 rings (SSSR count). The maximum absolute atomic E-state index is 12.9. The molecule has 29 heavy (non-hydrogen) atoms. The summed E-state index contributed by atoms with van der Waals surface area (Å²) in [4.78, 5) is 32.0. The van der Waals surface area contributed by atoms with Crippen LogP contribution in [0.1, 0.15) is 29.1 Å². The largest absolute Gasteiger partial charge is 0.378 e. The minimum absolute atomic E-state index is 0.0271. The second-order valence-corrected chi connectivity index (χ2v) is 7.10. The molecule has 3 aromatic rings. The van der Waals surface area contributed by atoms with Gasteiger partial charge in [0.25, 0.3) is 5.91 Å². The Bertz CT molecular complexity index is 1010. The van der Waals surface area contributed by atoms with Gasteiger partial charge in [-0.2, -0.15) is 0 Å². The molecule has 0 spiro atoms. The molecule has 1 aromatic heterocycles. The van der Waals surface area contributed by atoms with Crippen LogP contribution in [0.25, 0.3) is 11.0 Å². The molecular formula is C22H24N4O3. The summed E-state index contributed by atoms with van der Waals surface area (Å²) >= 11 is 0. The highest BCUT2D eigenvalue weighted by atomic mass is 16.5. The normalized spacial score (nSPS) is 15.3. The number of fused-ring (bicyclic) bond motifs is 1. The second kappa shape index (κ2) is 8.45. The van der Waals surface area contributed by atoms with E-state index >= 15 is 0 Å². The van der Waals surface area contributed by atoms with Crippen molar-refractivity contribution in [3.05, 3.63) is 66.0 Å². The monoisotopic (exact) mass is 392 g/mol. The fraction of sp³-hybridized carbons (Fsp3) is 0.318. The Balaban J connectivity index is 1.60. The zero-order valence-electron chi connectivity index (χ0n) is 16.4. The van der Waals surface area contributed by atoms with E-state index in [1.165, 1.54) is 0 Å². The van der Waals surface area contributed by atoms with Crippen molar-refractivity contribution in [1.82, 2.24) is 19.8 Å². The lowest BCUT2D eigenvalue weighted by Crippen LogP contribution is -2.42. The summed E-state index contributed by atoms with van der Waals surface area (Å²) in [5.74, 6) is 0.521. The molecule has 1 saturated heterocycles. The van der Waals surface area contributed by atoms with Gasteiger partial charge in [-0.1, -0.05) is 30.3 Å². The molecule has 0 saturated carbocycles. The Labute approximate surface area is 169 Å². The number of imidazole rings is 1. The number of rotatable bonds is 5. The van der Waals surface area contributed by atoms with E-state index in [2.05, 4.69) is 5.32 Å². The second-order valence-electron chi connectivity index (χ2n) is 7.10. The van der Waals surface area contributed by atoms with Gasteiger partial charge >= 0.3 is 0 Å². The first-order chi connectivity index (χ1) is 14.1. The van der Waals surface area contributed by atoms with E-state index in [1.807, 2.05) is 58.9 Å². The van der Waals surface area contributed by atoms with Crippen molar-refractivity contribution >= 4 is 22.8 Å². The first-order valence-corrected chi connectivity index (χ1v) is 9.80. The molecule has 2 aromatic carbocycles. The van der Waals surface area contributed by atoms with Crippen LogP contribution >= 0.6 is 0 Å². The smallest absolute Gasteiger partial charge is 0.251 e. The van der Waals surface area contributed by atoms with E-state index in [-0.39, 0.29) is 24.4 Å². The zero-order valence-corrected chi connectivity index (χ0v) is 16.4. The molecular weight excluding hydrogens is 368 g/mol. The van der Waals surface area contributed by atoms with Gasteiger partial charge in [-0.05, 0) is 31.2 Å². The number of benzene rings is 2. The van der Waals surface area contributed by atoms with E-state index in [0.29, 0.717) is 37.7 Å². The van der Waals surface area contributed by atoms with E-state index in [9.17, 15) is 9.59 Å². The molecule has 0 radical (unpaired) electrons. The van der Waals surface area contributed by atoms with Crippen molar-refractivity contribution in [3.63, 3.8) is 0 Å². The van der Waals surface area contributed by atoms with Gasteiger partial charge in [0.15, 0.2) is 0 Å². The summed E-state index contributed by atoms with van der Waals surface area (Å²) in [6.45, 7) is 4.39. The number of nitrogens with one attached hydrogen (secondary N) is 1. The summed E-state index contributed by atoms with van der Waals surface area (Å²) in [5.41, 5.74) is 2.27. The molecule has 2 heterocycles. The van der Waals surface area contributed by atoms with Crippen molar-refractivity contribution in [2.45, 2.75) is 19.5 Å². The molecule has 2 amide bonds. The van der Waals surface area contributed by atoms with Crippen molar-refractivity contribution in [1.29, 1.82) is 0 Å². The quantitative estimate of drug-likeness (QED) is 0.723. The third-order valence-corrected chi connectivity index (χ3v) is 5.11. The summed E-state index contributed by atoms with van der Waals surface area (Å²) in [5, 5.41) is 3.00. The Morgan fingerprint density at radius 3 is 2.52 bits per heavy atom. The van der Waals surface area contributed by atoms with Gasteiger partial charge in [0.05, 0.1) is 30.3 Å². The highest BCUT2D eigenvalue weighted by Crippen LogP contribution is 2.21. The number of aromatic nitrogens is 2. The first-order valence-electron chi connectivity index (χ1n) is 9.80. The number of carbonyl (C=O) groups excluding carboxylic acids is 2. The van der Waals surface area contributed by atoms with Gasteiger partial charge in [-0.3, -0.25) is 9.59 Å². The Morgan fingerprint density at radius 1 is 1.07 bits per heavy atom. The highest BCUT2D eigenvalue weighted by Gasteiger charge is 2.23. The third kappa shape index (κ3) is 4.14. The molecule has 0 bridgehead atoms. The van der Waals surface area contributed by atoms with Crippen molar-refractivity contribution < 1.29 is 14.3 Å². The molecule has 1 aliphatic rings. The number of morpholine rings is 1. The van der Waals surface area contributed by atoms with Crippen molar-refractivity contribution in [3.8, 4) is 0 Å². The summed E-state index contributed by atoms with van der Waals surface area (Å²) in [6.07, 6.45) is 0. The van der Waals surface area contributed by atoms with Crippen LogP contribution in [0, 0.1) is 0 Å². The van der Waals surface area contributed by atoms with Gasteiger partial charge in [-0.15, -0.1) is 0 Å². The molecule has 0 aliphatic carbocycles. The lowest BCUT2D eigenvalue weighted by atomic mass is 10.2. The highest BCUT2D eigenvalue weighted by molar-refractivity contribution is 5.94. The van der Waals surface area contributed by atoms with Crippen molar-refractivity contribution in [2.75, 3.05) is 26.3 Å². The van der Waals surface area contributed by atoms with Crippen LogP contribution in [-0.4, -0.2) is 52.6 Å². The molecule has 7 nitrogen and oxygen atoms in total. The van der Waals surface area contributed by atoms with Gasteiger partial charge in [0.1, 0.15) is 12.4 Å². The Hall–Kier alpha value is -3.19. The van der Waals surface area contributed by atoms with E-state index in [4.69, 9.17) is 9.72 Å². The number of carbonyl (C=O) groups is 2. The number of ether oxygens (including phenoxy) is 1. The Kier molecular flexibility index (Phi) is 5.57. The molecule has 1 aliphatic heterocycles. The molecule has 7 heteroatoms.